The molecule has 0 radical (unpaired) electrons. The monoisotopic (exact) mass is 235 g/mol. The summed E-state index contributed by atoms with van der Waals surface area (Å²) in [6, 6.07) is 0. The fraction of sp³-hybridized carbons (Fsp3) is 0.545. The normalized spacial score (nSPS) is 12.9. The van der Waals surface area contributed by atoms with Crippen LogP contribution in [0.25, 0.3) is 11.0 Å². The van der Waals surface area contributed by atoms with Crippen molar-refractivity contribution in [1.82, 2.24) is 19.7 Å². The zero-order valence-electron chi connectivity index (χ0n) is 10.3. The molecule has 0 amide bonds. The fourth-order valence-corrected chi connectivity index (χ4v) is 1.69. The summed E-state index contributed by atoms with van der Waals surface area (Å²) in [5.41, 5.74) is 0.826. The molecule has 0 fully saturated rings. The number of nitrogens with zero attached hydrogens (tertiary/aromatic N) is 4. The van der Waals surface area contributed by atoms with Crippen LogP contribution in [0.3, 0.4) is 0 Å². The van der Waals surface area contributed by atoms with Gasteiger partial charge in [-0.05, 0) is 13.8 Å². The lowest BCUT2D eigenvalue weighted by Crippen LogP contribution is -2.20. The van der Waals surface area contributed by atoms with E-state index in [0.717, 1.165) is 30.0 Å². The number of ether oxygens (including phenoxy) is 1. The summed E-state index contributed by atoms with van der Waals surface area (Å²) in [5, 5.41) is 8.35. The Bertz CT molecular complexity index is 496. The summed E-state index contributed by atoms with van der Waals surface area (Å²) in [6.45, 7) is 5.45. The Morgan fingerprint density at radius 1 is 1.47 bits per heavy atom. The van der Waals surface area contributed by atoms with E-state index in [1.54, 1.807) is 10.9 Å². The van der Waals surface area contributed by atoms with Crippen molar-refractivity contribution in [3.05, 3.63) is 12.5 Å². The number of aryl methyl sites for hydroxylation is 1. The van der Waals surface area contributed by atoms with Crippen LogP contribution < -0.4 is 5.32 Å². The predicted molar refractivity (Wildman–Crippen MR) is 65.9 cm³/mol. The second kappa shape index (κ2) is 5.09. The summed E-state index contributed by atoms with van der Waals surface area (Å²) >= 11 is 0. The van der Waals surface area contributed by atoms with Gasteiger partial charge in [0.2, 0.25) is 0 Å². The van der Waals surface area contributed by atoms with E-state index in [2.05, 4.69) is 20.4 Å². The van der Waals surface area contributed by atoms with Crippen molar-refractivity contribution in [1.29, 1.82) is 0 Å². The Morgan fingerprint density at radius 2 is 2.29 bits per heavy atom. The summed E-state index contributed by atoms with van der Waals surface area (Å²) in [7, 11) is 1.86. The highest BCUT2D eigenvalue weighted by atomic mass is 16.5. The van der Waals surface area contributed by atoms with E-state index in [9.17, 15) is 0 Å². The van der Waals surface area contributed by atoms with Gasteiger partial charge in [-0.25, -0.2) is 9.97 Å². The molecule has 0 spiro atoms. The molecular formula is C11H17N5O. The highest BCUT2D eigenvalue weighted by molar-refractivity contribution is 5.85. The van der Waals surface area contributed by atoms with Crippen LogP contribution in [0.2, 0.25) is 0 Å². The molecule has 1 atom stereocenters. The molecule has 2 aromatic rings. The molecule has 0 saturated carbocycles. The number of rotatable bonds is 5. The maximum absolute atomic E-state index is 5.45. The van der Waals surface area contributed by atoms with Gasteiger partial charge >= 0.3 is 0 Å². The summed E-state index contributed by atoms with van der Waals surface area (Å²) in [4.78, 5) is 8.40. The first-order valence-electron chi connectivity index (χ1n) is 5.70. The minimum absolute atomic E-state index is 0.154. The number of fused-ring (bicyclic) bond motifs is 1. The highest BCUT2D eigenvalue weighted by Crippen LogP contribution is 2.17. The summed E-state index contributed by atoms with van der Waals surface area (Å²) in [6.07, 6.45) is 3.46. The molecule has 6 nitrogen and oxygen atoms in total. The van der Waals surface area contributed by atoms with Crippen molar-refractivity contribution >= 4 is 16.9 Å². The Hall–Kier alpha value is -1.69. The van der Waals surface area contributed by atoms with E-state index in [1.165, 1.54) is 6.33 Å². The lowest BCUT2D eigenvalue weighted by molar-refractivity contribution is 0.0855. The Kier molecular flexibility index (Phi) is 3.53. The fourth-order valence-electron chi connectivity index (χ4n) is 1.69. The molecule has 2 rings (SSSR count). The van der Waals surface area contributed by atoms with Crippen molar-refractivity contribution in [2.75, 3.05) is 18.5 Å². The maximum Gasteiger partial charge on any atom is 0.163 e. The van der Waals surface area contributed by atoms with Crippen molar-refractivity contribution in [2.45, 2.75) is 20.0 Å². The zero-order valence-corrected chi connectivity index (χ0v) is 10.3. The smallest absolute Gasteiger partial charge is 0.163 e. The second-order valence-corrected chi connectivity index (χ2v) is 3.87. The minimum atomic E-state index is 0.154. The van der Waals surface area contributed by atoms with E-state index in [-0.39, 0.29) is 6.10 Å². The summed E-state index contributed by atoms with van der Waals surface area (Å²) < 4.78 is 7.18. The van der Waals surface area contributed by atoms with E-state index >= 15 is 0 Å². The molecule has 0 aromatic carbocycles. The molecule has 1 N–H and O–H groups in total. The van der Waals surface area contributed by atoms with Gasteiger partial charge in [0, 0.05) is 20.2 Å². The number of hydrogen-bond acceptors (Lipinski definition) is 5. The molecule has 2 heterocycles. The van der Waals surface area contributed by atoms with Crippen LogP contribution in [0.5, 0.6) is 0 Å². The van der Waals surface area contributed by atoms with Gasteiger partial charge in [-0.2, -0.15) is 5.10 Å². The average Bonchev–Trinajstić information content (AvgIpc) is 2.70. The van der Waals surface area contributed by atoms with Crippen LogP contribution in [0.4, 0.5) is 5.82 Å². The largest absolute Gasteiger partial charge is 0.377 e. The van der Waals surface area contributed by atoms with Gasteiger partial charge < -0.3 is 10.1 Å². The van der Waals surface area contributed by atoms with Crippen LogP contribution >= 0.6 is 0 Å². The van der Waals surface area contributed by atoms with Crippen LogP contribution in [0.15, 0.2) is 12.5 Å². The molecule has 0 aliphatic carbocycles. The van der Waals surface area contributed by atoms with Crippen molar-refractivity contribution in [3.63, 3.8) is 0 Å². The van der Waals surface area contributed by atoms with Gasteiger partial charge in [0.15, 0.2) is 5.65 Å². The van der Waals surface area contributed by atoms with E-state index in [0.29, 0.717) is 0 Å². The third kappa shape index (κ3) is 2.52. The number of anilines is 1. The first kappa shape index (κ1) is 11.8. The third-order valence-corrected chi connectivity index (χ3v) is 2.54. The van der Waals surface area contributed by atoms with Gasteiger partial charge in [0.1, 0.15) is 12.1 Å². The second-order valence-electron chi connectivity index (χ2n) is 3.87. The number of aromatic nitrogens is 4. The van der Waals surface area contributed by atoms with Crippen LogP contribution in [-0.2, 0) is 11.8 Å². The Labute approximate surface area is 100 Å². The first-order valence-corrected chi connectivity index (χ1v) is 5.70. The first-order chi connectivity index (χ1) is 8.22. The predicted octanol–water partition coefficient (Wildman–Crippen LogP) is 1.20. The Morgan fingerprint density at radius 3 is 3.06 bits per heavy atom. The minimum Gasteiger partial charge on any atom is -0.377 e. The van der Waals surface area contributed by atoms with E-state index in [1.807, 2.05) is 20.9 Å². The molecule has 0 saturated heterocycles. The molecule has 0 aliphatic rings. The molecule has 1 unspecified atom stereocenters. The Balaban J connectivity index is 2.13. The van der Waals surface area contributed by atoms with E-state index < -0.39 is 0 Å². The van der Waals surface area contributed by atoms with Gasteiger partial charge in [0.25, 0.3) is 0 Å². The van der Waals surface area contributed by atoms with Crippen molar-refractivity contribution in [2.24, 2.45) is 7.05 Å². The highest BCUT2D eigenvalue weighted by Gasteiger charge is 2.08. The van der Waals surface area contributed by atoms with Crippen LogP contribution in [-0.4, -0.2) is 39.0 Å². The van der Waals surface area contributed by atoms with Gasteiger partial charge in [-0.15, -0.1) is 0 Å². The van der Waals surface area contributed by atoms with Crippen molar-refractivity contribution in [3.8, 4) is 0 Å². The standard InChI is InChI=1S/C11H17N5O/c1-4-17-8(2)5-12-10-9-6-15-16(3)11(9)14-7-13-10/h6-8H,4-5H2,1-3H3,(H,12,13,14). The molecule has 92 valence electrons. The zero-order chi connectivity index (χ0) is 12.3. The maximum atomic E-state index is 5.45. The van der Waals surface area contributed by atoms with Gasteiger partial charge in [0.05, 0.1) is 17.7 Å². The molecule has 6 heteroatoms. The molecule has 2 aromatic heterocycles. The number of hydrogen-bond donors (Lipinski definition) is 1. The van der Waals surface area contributed by atoms with Gasteiger partial charge in [-0.1, -0.05) is 0 Å². The number of nitrogens with one attached hydrogen (secondary N) is 1. The van der Waals surface area contributed by atoms with Crippen LogP contribution in [0, 0.1) is 0 Å². The summed E-state index contributed by atoms with van der Waals surface area (Å²) in [5.74, 6) is 0.801. The van der Waals surface area contributed by atoms with E-state index in [4.69, 9.17) is 4.74 Å². The topological polar surface area (TPSA) is 64.9 Å². The molecule has 0 bridgehead atoms. The molecule has 17 heavy (non-hydrogen) atoms. The third-order valence-electron chi connectivity index (χ3n) is 2.54. The molecule has 0 aliphatic heterocycles. The lowest BCUT2D eigenvalue weighted by atomic mass is 10.3. The quantitative estimate of drug-likeness (QED) is 0.843. The SMILES string of the molecule is CCOC(C)CNc1ncnc2c1cnn2C. The average molecular weight is 235 g/mol. The van der Waals surface area contributed by atoms with Gasteiger partial charge in [-0.3, -0.25) is 4.68 Å². The lowest BCUT2D eigenvalue weighted by Gasteiger charge is -2.13. The van der Waals surface area contributed by atoms with Crippen molar-refractivity contribution < 1.29 is 4.74 Å². The van der Waals surface area contributed by atoms with Crippen LogP contribution in [0.1, 0.15) is 13.8 Å². The molecular weight excluding hydrogens is 218 g/mol.